The van der Waals surface area contributed by atoms with Crippen molar-refractivity contribution < 1.29 is 4.74 Å². The van der Waals surface area contributed by atoms with Crippen LogP contribution in [0.1, 0.15) is 37.8 Å². The number of hydrogen-bond donors (Lipinski definition) is 1. The van der Waals surface area contributed by atoms with Crippen molar-refractivity contribution in [2.45, 2.75) is 44.4 Å². The fourth-order valence-electron chi connectivity index (χ4n) is 3.47. The second-order valence-electron chi connectivity index (χ2n) is 5.33. The van der Waals surface area contributed by atoms with E-state index in [1.54, 1.807) is 0 Å². The third kappa shape index (κ3) is 2.18. The average Bonchev–Trinajstić information content (AvgIpc) is 2.99. The van der Waals surface area contributed by atoms with Crippen molar-refractivity contribution in [2.24, 2.45) is 5.92 Å². The van der Waals surface area contributed by atoms with Gasteiger partial charge in [-0.1, -0.05) is 36.7 Å². The van der Waals surface area contributed by atoms with E-state index in [1.165, 1.54) is 24.8 Å². The van der Waals surface area contributed by atoms with Crippen molar-refractivity contribution in [3.63, 3.8) is 0 Å². The topological polar surface area (TPSA) is 21.3 Å². The van der Waals surface area contributed by atoms with Gasteiger partial charge < -0.3 is 10.1 Å². The second kappa shape index (κ2) is 5.20. The Morgan fingerprint density at radius 2 is 2.22 bits per heavy atom. The summed E-state index contributed by atoms with van der Waals surface area (Å²) in [4.78, 5) is 0. The first-order valence-corrected chi connectivity index (χ1v) is 7.30. The smallest absolute Gasteiger partial charge is 0.0627 e. The van der Waals surface area contributed by atoms with Crippen LogP contribution in [-0.2, 0) is 4.74 Å². The van der Waals surface area contributed by atoms with Gasteiger partial charge in [-0.3, -0.25) is 0 Å². The molecule has 0 saturated carbocycles. The van der Waals surface area contributed by atoms with E-state index < -0.39 is 0 Å². The number of benzene rings is 1. The lowest BCUT2D eigenvalue weighted by molar-refractivity contribution is 0.0858. The Labute approximate surface area is 114 Å². The highest BCUT2D eigenvalue weighted by atomic mass is 35.5. The highest BCUT2D eigenvalue weighted by molar-refractivity contribution is 6.31. The summed E-state index contributed by atoms with van der Waals surface area (Å²) in [6.07, 6.45) is 4.54. The number of fused-ring (bicyclic) bond motifs is 2. The average molecular weight is 266 g/mol. The lowest BCUT2D eigenvalue weighted by atomic mass is 9.81. The highest BCUT2D eigenvalue weighted by Gasteiger charge is 2.44. The molecule has 0 spiro atoms. The zero-order valence-electron chi connectivity index (χ0n) is 10.7. The predicted molar refractivity (Wildman–Crippen MR) is 73.9 cm³/mol. The molecule has 2 aliphatic rings. The molecule has 1 N–H and O–H groups in total. The zero-order valence-corrected chi connectivity index (χ0v) is 11.5. The number of nitrogens with one attached hydrogen (secondary N) is 1. The van der Waals surface area contributed by atoms with Gasteiger partial charge in [0.25, 0.3) is 0 Å². The monoisotopic (exact) mass is 265 g/mol. The molecule has 4 unspecified atom stereocenters. The van der Waals surface area contributed by atoms with Gasteiger partial charge in [-0.05, 0) is 37.4 Å². The minimum absolute atomic E-state index is 0.332. The van der Waals surface area contributed by atoms with E-state index in [1.807, 2.05) is 12.1 Å². The molecule has 0 radical (unpaired) electrons. The lowest BCUT2D eigenvalue weighted by Crippen LogP contribution is -2.33. The molecule has 3 heteroatoms. The van der Waals surface area contributed by atoms with Crippen LogP contribution in [0.4, 0.5) is 0 Å². The van der Waals surface area contributed by atoms with Gasteiger partial charge in [0.2, 0.25) is 0 Å². The van der Waals surface area contributed by atoms with Gasteiger partial charge in [-0.25, -0.2) is 0 Å². The third-order valence-corrected chi connectivity index (χ3v) is 4.59. The minimum Gasteiger partial charge on any atom is -0.375 e. The molecule has 2 heterocycles. The molecule has 2 fully saturated rings. The molecule has 1 aromatic carbocycles. The number of halogens is 1. The van der Waals surface area contributed by atoms with Crippen molar-refractivity contribution in [3.8, 4) is 0 Å². The summed E-state index contributed by atoms with van der Waals surface area (Å²) in [5.74, 6) is 0.573. The zero-order chi connectivity index (χ0) is 12.5. The Hall–Kier alpha value is -0.570. The molecule has 18 heavy (non-hydrogen) atoms. The normalized spacial score (nSPS) is 31.8. The summed E-state index contributed by atoms with van der Waals surface area (Å²) in [6, 6.07) is 8.52. The van der Waals surface area contributed by atoms with E-state index in [0.717, 1.165) is 11.6 Å². The van der Waals surface area contributed by atoms with E-state index >= 15 is 0 Å². The van der Waals surface area contributed by atoms with Crippen molar-refractivity contribution in [1.82, 2.24) is 5.32 Å². The molecule has 1 aromatic rings. The first-order valence-electron chi connectivity index (χ1n) is 6.93. The van der Waals surface area contributed by atoms with Crippen LogP contribution in [0, 0.1) is 5.92 Å². The Kier molecular flexibility index (Phi) is 3.60. The molecule has 98 valence electrons. The fraction of sp³-hybridized carbons (Fsp3) is 0.600. The Bertz CT molecular complexity index is 423. The van der Waals surface area contributed by atoms with Crippen molar-refractivity contribution in [3.05, 3.63) is 34.9 Å². The largest absolute Gasteiger partial charge is 0.375 e. The quantitative estimate of drug-likeness (QED) is 0.899. The van der Waals surface area contributed by atoms with Gasteiger partial charge in [0.1, 0.15) is 0 Å². The van der Waals surface area contributed by atoms with Crippen molar-refractivity contribution in [2.75, 3.05) is 6.54 Å². The minimum atomic E-state index is 0.332. The first-order chi connectivity index (χ1) is 8.79. The van der Waals surface area contributed by atoms with E-state index in [9.17, 15) is 0 Å². The fourth-order valence-corrected chi connectivity index (χ4v) is 3.72. The summed E-state index contributed by atoms with van der Waals surface area (Å²) in [5, 5.41) is 4.47. The van der Waals surface area contributed by atoms with Crippen LogP contribution in [0.3, 0.4) is 0 Å². The van der Waals surface area contributed by atoms with E-state index in [-0.39, 0.29) is 0 Å². The Morgan fingerprint density at radius 3 is 2.83 bits per heavy atom. The number of hydrogen-bond acceptors (Lipinski definition) is 2. The SMILES string of the molecule is CCNC(c1ccccc1Cl)C1CC2CCC1O2. The standard InChI is InChI=1S/C15H20ClNO/c1-2-17-15(11-5-3-4-6-13(11)16)12-9-10-7-8-14(12)18-10/h3-6,10,12,14-15,17H,2,7-9H2,1H3. The summed E-state index contributed by atoms with van der Waals surface area (Å²) < 4.78 is 5.99. The number of rotatable bonds is 4. The van der Waals surface area contributed by atoms with Crippen LogP contribution in [0.2, 0.25) is 5.02 Å². The summed E-state index contributed by atoms with van der Waals surface area (Å²) in [6.45, 7) is 3.11. The van der Waals surface area contributed by atoms with Crippen molar-refractivity contribution >= 4 is 11.6 Å². The summed E-state index contributed by atoms with van der Waals surface area (Å²) in [5.41, 5.74) is 1.22. The van der Waals surface area contributed by atoms with Crippen molar-refractivity contribution in [1.29, 1.82) is 0 Å². The molecule has 2 bridgehead atoms. The lowest BCUT2D eigenvalue weighted by Gasteiger charge is -2.30. The Balaban J connectivity index is 1.86. The van der Waals surface area contributed by atoms with E-state index in [4.69, 9.17) is 16.3 Å². The van der Waals surface area contributed by atoms with E-state index in [2.05, 4.69) is 24.4 Å². The highest BCUT2D eigenvalue weighted by Crippen LogP contribution is 2.45. The molecule has 4 atom stereocenters. The van der Waals surface area contributed by atoms with Crippen LogP contribution in [-0.4, -0.2) is 18.8 Å². The van der Waals surface area contributed by atoms with Crippen LogP contribution in [0.5, 0.6) is 0 Å². The Morgan fingerprint density at radius 1 is 1.39 bits per heavy atom. The second-order valence-corrected chi connectivity index (χ2v) is 5.74. The maximum absolute atomic E-state index is 6.35. The van der Waals surface area contributed by atoms with Gasteiger partial charge in [0.15, 0.2) is 0 Å². The maximum Gasteiger partial charge on any atom is 0.0627 e. The van der Waals surface area contributed by atoms with Gasteiger partial charge in [0.05, 0.1) is 12.2 Å². The predicted octanol–water partition coefficient (Wildman–Crippen LogP) is 3.56. The summed E-state index contributed by atoms with van der Waals surface area (Å²) >= 11 is 6.35. The molecule has 3 rings (SSSR count). The van der Waals surface area contributed by atoms with Crippen LogP contribution < -0.4 is 5.32 Å². The molecular formula is C15H20ClNO. The molecule has 2 saturated heterocycles. The summed E-state index contributed by atoms with van der Waals surface area (Å²) in [7, 11) is 0. The van der Waals surface area contributed by atoms with Gasteiger partial charge in [-0.2, -0.15) is 0 Å². The molecule has 0 amide bonds. The van der Waals surface area contributed by atoms with Gasteiger partial charge >= 0.3 is 0 Å². The van der Waals surface area contributed by atoms with Crippen LogP contribution >= 0.6 is 11.6 Å². The first kappa shape index (κ1) is 12.5. The number of ether oxygens (including phenoxy) is 1. The van der Waals surface area contributed by atoms with Gasteiger partial charge in [-0.15, -0.1) is 0 Å². The van der Waals surface area contributed by atoms with E-state index in [0.29, 0.717) is 24.2 Å². The molecule has 2 aliphatic heterocycles. The molecule has 0 aromatic heterocycles. The van der Waals surface area contributed by atoms with Crippen LogP contribution in [0.25, 0.3) is 0 Å². The maximum atomic E-state index is 6.35. The third-order valence-electron chi connectivity index (χ3n) is 4.25. The molecule has 2 nitrogen and oxygen atoms in total. The van der Waals surface area contributed by atoms with Gasteiger partial charge in [0, 0.05) is 17.0 Å². The van der Waals surface area contributed by atoms with Crippen LogP contribution in [0.15, 0.2) is 24.3 Å². The molecule has 0 aliphatic carbocycles. The molecular weight excluding hydrogens is 246 g/mol.